The van der Waals surface area contributed by atoms with E-state index in [4.69, 9.17) is 0 Å². The summed E-state index contributed by atoms with van der Waals surface area (Å²) in [5.41, 5.74) is 2.50. The van der Waals surface area contributed by atoms with Crippen molar-refractivity contribution in [3.8, 4) is 0 Å². The van der Waals surface area contributed by atoms with E-state index in [1.165, 1.54) is 17.5 Å². The minimum absolute atomic E-state index is 0.147. The number of amides is 1. The van der Waals surface area contributed by atoms with Crippen molar-refractivity contribution in [2.45, 2.75) is 45.2 Å². The van der Waals surface area contributed by atoms with E-state index in [0.717, 1.165) is 19.4 Å². The summed E-state index contributed by atoms with van der Waals surface area (Å²) in [7, 11) is 0. The second-order valence-electron chi connectivity index (χ2n) is 4.94. The second kappa shape index (κ2) is 6.55. The molecule has 1 aromatic carbocycles. The van der Waals surface area contributed by atoms with E-state index in [0.29, 0.717) is 19.0 Å². The largest absolute Gasteiger partial charge is 0.352 e. The molecule has 0 aromatic heterocycles. The lowest BCUT2D eigenvalue weighted by Gasteiger charge is -2.10. The van der Waals surface area contributed by atoms with Crippen LogP contribution < -0.4 is 10.6 Å². The Hall–Kier alpha value is -1.35. The fourth-order valence-electron chi connectivity index (χ4n) is 2.32. The van der Waals surface area contributed by atoms with Gasteiger partial charge in [-0.25, -0.2) is 0 Å². The molecular weight excluding hydrogens is 224 g/mol. The first kappa shape index (κ1) is 13.1. The van der Waals surface area contributed by atoms with E-state index >= 15 is 0 Å². The number of nitrogens with one attached hydrogen (secondary N) is 2. The van der Waals surface area contributed by atoms with E-state index in [1.54, 1.807) is 0 Å². The van der Waals surface area contributed by atoms with Crippen molar-refractivity contribution in [3.05, 3.63) is 35.4 Å². The Morgan fingerprint density at radius 1 is 1.33 bits per heavy atom. The molecule has 0 saturated carbocycles. The number of benzene rings is 1. The molecule has 1 saturated heterocycles. The van der Waals surface area contributed by atoms with Crippen LogP contribution in [-0.2, 0) is 17.8 Å². The van der Waals surface area contributed by atoms with Gasteiger partial charge < -0.3 is 10.6 Å². The number of hydrogen-bond acceptors (Lipinski definition) is 2. The van der Waals surface area contributed by atoms with E-state index in [2.05, 4.69) is 41.8 Å². The van der Waals surface area contributed by atoms with Crippen molar-refractivity contribution >= 4 is 5.91 Å². The number of aryl methyl sites for hydroxylation is 1. The highest BCUT2D eigenvalue weighted by atomic mass is 16.1. The third kappa shape index (κ3) is 3.84. The van der Waals surface area contributed by atoms with Crippen molar-refractivity contribution in [1.29, 1.82) is 0 Å². The molecule has 1 aliphatic heterocycles. The first-order valence-electron chi connectivity index (χ1n) is 6.86. The van der Waals surface area contributed by atoms with Crippen molar-refractivity contribution in [2.24, 2.45) is 0 Å². The summed E-state index contributed by atoms with van der Waals surface area (Å²) < 4.78 is 0. The van der Waals surface area contributed by atoms with Crippen molar-refractivity contribution in [3.63, 3.8) is 0 Å². The van der Waals surface area contributed by atoms with Crippen LogP contribution in [0.15, 0.2) is 24.3 Å². The summed E-state index contributed by atoms with van der Waals surface area (Å²) in [5.74, 6) is 0.147. The van der Waals surface area contributed by atoms with Crippen molar-refractivity contribution < 1.29 is 4.79 Å². The average Bonchev–Trinajstić information content (AvgIpc) is 2.90. The molecule has 0 spiro atoms. The predicted octanol–water partition coefficient (Wildman–Crippen LogP) is 2.01. The maximum Gasteiger partial charge on any atom is 0.221 e. The van der Waals surface area contributed by atoms with Gasteiger partial charge in [0.15, 0.2) is 0 Å². The zero-order valence-electron chi connectivity index (χ0n) is 11.0. The van der Waals surface area contributed by atoms with E-state index < -0.39 is 0 Å². The molecule has 1 aromatic rings. The van der Waals surface area contributed by atoms with Crippen LogP contribution in [0.3, 0.4) is 0 Å². The van der Waals surface area contributed by atoms with E-state index in [-0.39, 0.29) is 5.91 Å². The molecule has 0 bridgehead atoms. The molecular formula is C15H22N2O. The molecule has 1 atom stereocenters. The molecule has 3 nitrogen and oxygen atoms in total. The van der Waals surface area contributed by atoms with Crippen LogP contribution in [0.4, 0.5) is 0 Å². The summed E-state index contributed by atoms with van der Waals surface area (Å²) >= 11 is 0. The normalized spacial score (nSPS) is 18.8. The molecule has 1 aliphatic rings. The van der Waals surface area contributed by atoms with Gasteiger partial charge in [0.2, 0.25) is 5.91 Å². The Labute approximate surface area is 109 Å². The summed E-state index contributed by atoms with van der Waals surface area (Å²) in [5, 5.41) is 6.32. The molecule has 1 unspecified atom stereocenters. The predicted molar refractivity (Wildman–Crippen MR) is 73.3 cm³/mol. The van der Waals surface area contributed by atoms with Crippen LogP contribution in [0.5, 0.6) is 0 Å². The molecule has 1 heterocycles. The van der Waals surface area contributed by atoms with Gasteiger partial charge in [-0.3, -0.25) is 4.79 Å². The fraction of sp³-hybridized carbons (Fsp3) is 0.533. The number of carbonyl (C=O) groups is 1. The quantitative estimate of drug-likeness (QED) is 0.834. The minimum Gasteiger partial charge on any atom is -0.352 e. The Morgan fingerprint density at radius 2 is 2.06 bits per heavy atom. The number of rotatable bonds is 5. The molecule has 2 N–H and O–H groups in total. The summed E-state index contributed by atoms with van der Waals surface area (Å²) in [6.45, 7) is 3.83. The molecule has 2 rings (SSSR count). The van der Waals surface area contributed by atoms with Gasteiger partial charge in [0, 0.05) is 19.0 Å². The van der Waals surface area contributed by atoms with E-state index in [9.17, 15) is 4.79 Å². The highest BCUT2D eigenvalue weighted by molar-refractivity contribution is 5.76. The van der Waals surface area contributed by atoms with Crippen LogP contribution in [-0.4, -0.2) is 18.5 Å². The van der Waals surface area contributed by atoms with E-state index in [1.807, 2.05) is 0 Å². The minimum atomic E-state index is 0.147. The second-order valence-corrected chi connectivity index (χ2v) is 4.94. The highest BCUT2D eigenvalue weighted by Crippen LogP contribution is 2.09. The van der Waals surface area contributed by atoms with Crippen LogP contribution in [0, 0.1) is 0 Å². The maximum absolute atomic E-state index is 11.7. The fourth-order valence-corrected chi connectivity index (χ4v) is 2.32. The van der Waals surface area contributed by atoms with Crippen LogP contribution >= 0.6 is 0 Å². The first-order chi connectivity index (χ1) is 8.78. The van der Waals surface area contributed by atoms with Crippen molar-refractivity contribution in [1.82, 2.24) is 10.6 Å². The van der Waals surface area contributed by atoms with Gasteiger partial charge in [-0.1, -0.05) is 31.2 Å². The molecule has 3 heteroatoms. The molecule has 0 radical (unpaired) electrons. The maximum atomic E-state index is 11.7. The first-order valence-corrected chi connectivity index (χ1v) is 6.86. The lowest BCUT2D eigenvalue weighted by Crippen LogP contribution is -2.31. The summed E-state index contributed by atoms with van der Waals surface area (Å²) in [6, 6.07) is 8.81. The van der Waals surface area contributed by atoms with Gasteiger partial charge in [0.05, 0.1) is 0 Å². The molecule has 1 amide bonds. The third-order valence-corrected chi connectivity index (χ3v) is 3.52. The van der Waals surface area contributed by atoms with Crippen LogP contribution in [0.1, 0.15) is 37.3 Å². The molecule has 1 fully saturated rings. The van der Waals surface area contributed by atoms with Gasteiger partial charge in [-0.15, -0.1) is 0 Å². The third-order valence-electron chi connectivity index (χ3n) is 3.52. The Kier molecular flexibility index (Phi) is 4.76. The zero-order chi connectivity index (χ0) is 12.8. The standard InChI is InChI=1S/C15H22N2O/c1-2-12-5-7-13(8-6-12)11-17-15(18)10-14-4-3-9-16-14/h5-8,14,16H,2-4,9-11H2,1H3,(H,17,18). The lowest BCUT2D eigenvalue weighted by atomic mass is 10.1. The average molecular weight is 246 g/mol. The topological polar surface area (TPSA) is 41.1 Å². The molecule has 18 heavy (non-hydrogen) atoms. The Bertz CT molecular complexity index is 380. The molecule has 98 valence electrons. The van der Waals surface area contributed by atoms with Crippen LogP contribution in [0.25, 0.3) is 0 Å². The van der Waals surface area contributed by atoms with Gasteiger partial charge in [0.1, 0.15) is 0 Å². The molecule has 0 aliphatic carbocycles. The van der Waals surface area contributed by atoms with Gasteiger partial charge in [0.25, 0.3) is 0 Å². The monoisotopic (exact) mass is 246 g/mol. The SMILES string of the molecule is CCc1ccc(CNC(=O)CC2CCCN2)cc1. The van der Waals surface area contributed by atoms with Crippen LogP contribution in [0.2, 0.25) is 0 Å². The van der Waals surface area contributed by atoms with Gasteiger partial charge in [-0.05, 0) is 36.9 Å². The van der Waals surface area contributed by atoms with Crippen molar-refractivity contribution in [2.75, 3.05) is 6.54 Å². The Morgan fingerprint density at radius 3 is 2.67 bits per heavy atom. The smallest absolute Gasteiger partial charge is 0.221 e. The lowest BCUT2D eigenvalue weighted by molar-refractivity contribution is -0.121. The number of hydrogen-bond donors (Lipinski definition) is 2. The van der Waals surface area contributed by atoms with Gasteiger partial charge >= 0.3 is 0 Å². The summed E-state index contributed by atoms with van der Waals surface area (Å²) in [6.07, 6.45) is 3.97. The number of carbonyl (C=O) groups excluding carboxylic acids is 1. The summed E-state index contributed by atoms with van der Waals surface area (Å²) in [4.78, 5) is 11.7. The highest BCUT2D eigenvalue weighted by Gasteiger charge is 2.17. The Balaban J connectivity index is 1.74. The van der Waals surface area contributed by atoms with Gasteiger partial charge in [-0.2, -0.15) is 0 Å². The zero-order valence-corrected chi connectivity index (χ0v) is 11.0.